The lowest BCUT2D eigenvalue weighted by atomic mass is 10.3. The predicted octanol–water partition coefficient (Wildman–Crippen LogP) is 1.27. The van der Waals surface area contributed by atoms with Gasteiger partial charge in [0.15, 0.2) is 0 Å². The van der Waals surface area contributed by atoms with Gasteiger partial charge in [-0.25, -0.2) is 18.4 Å². The number of nitrogens with zero attached hydrogens (tertiary/aromatic N) is 2. The van der Waals surface area contributed by atoms with Gasteiger partial charge in [0.2, 0.25) is 15.7 Å². The molecule has 1 N–H and O–H groups in total. The third kappa shape index (κ3) is 2.94. The summed E-state index contributed by atoms with van der Waals surface area (Å²) in [6, 6.07) is 7.36. The Hall–Kier alpha value is -2.28. The van der Waals surface area contributed by atoms with Crippen LogP contribution in [0.25, 0.3) is 0 Å². The molecule has 98 valence electrons. The van der Waals surface area contributed by atoms with Gasteiger partial charge in [-0.15, -0.1) is 0 Å². The minimum Gasteiger partial charge on any atom is -0.326 e. The average Bonchev–Trinajstić information content (AvgIpc) is 2.40. The second-order valence-corrected chi connectivity index (χ2v) is 5.58. The van der Waals surface area contributed by atoms with Crippen LogP contribution in [0.15, 0.2) is 52.8 Å². The molecule has 0 saturated heterocycles. The molecule has 0 atom stereocenters. The molecule has 1 amide bonds. The molecule has 0 bridgehead atoms. The zero-order chi connectivity index (χ0) is 13.9. The van der Waals surface area contributed by atoms with E-state index in [-0.39, 0.29) is 16.0 Å². The molecule has 7 heteroatoms. The van der Waals surface area contributed by atoms with E-state index < -0.39 is 9.84 Å². The fourth-order valence-electron chi connectivity index (χ4n) is 1.45. The topological polar surface area (TPSA) is 89.0 Å². The largest absolute Gasteiger partial charge is 0.326 e. The van der Waals surface area contributed by atoms with Crippen molar-refractivity contribution in [3.05, 3.63) is 42.7 Å². The van der Waals surface area contributed by atoms with Gasteiger partial charge < -0.3 is 5.32 Å². The quantitative estimate of drug-likeness (QED) is 0.853. The zero-order valence-electron chi connectivity index (χ0n) is 10.1. The number of amides is 1. The first-order valence-corrected chi connectivity index (χ1v) is 6.88. The molecule has 1 heterocycles. The van der Waals surface area contributed by atoms with Crippen LogP contribution in [-0.4, -0.2) is 24.3 Å². The molecule has 0 aliphatic carbocycles. The SMILES string of the molecule is CC(=O)Nc1ccc(S(=O)(=O)c2ncccn2)cc1. The molecule has 0 unspecified atom stereocenters. The molecular formula is C12H11N3O3S. The highest BCUT2D eigenvalue weighted by Gasteiger charge is 2.20. The molecule has 0 aliphatic heterocycles. The summed E-state index contributed by atoms with van der Waals surface area (Å²) in [5.74, 6) is -0.220. The first kappa shape index (κ1) is 13.2. The normalized spacial score (nSPS) is 11.0. The van der Waals surface area contributed by atoms with E-state index in [1.165, 1.54) is 43.6 Å². The molecule has 0 fully saturated rings. The number of hydrogen-bond acceptors (Lipinski definition) is 5. The molecular weight excluding hydrogens is 266 g/mol. The summed E-state index contributed by atoms with van der Waals surface area (Å²) in [5, 5.41) is 2.31. The van der Waals surface area contributed by atoms with Crippen molar-refractivity contribution in [2.24, 2.45) is 0 Å². The van der Waals surface area contributed by atoms with Crippen LogP contribution in [0.4, 0.5) is 5.69 Å². The Bertz CT molecular complexity index is 682. The van der Waals surface area contributed by atoms with Crippen LogP contribution in [0.1, 0.15) is 6.92 Å². The minimum absolute atomic E-state index is 0.0767. The standard InChI is InChI=1S/C12H11N3O3S/c1-9(16)15-10-3-5-11(6-4-10)19(17,18)12-13-7-2-8-14-12/h2-8H,1H3,(H,15,16). The van der Waals surface area contributed by atoms with E-state index in [0.717, 1.165) is 0 Å². The lowest BCUT2D eigenvalue weighted by Gasteiger charge is -2.05. The van der Waals surface area contributed by atoms with E-state index in [4.69, 9.17) is 0 Å². The number of sulfone groups is 1. The Kier molecular flexibility index (Phi) is 3.57. The average molecular weight is 277 g/mol. The molecule has 1 aromatic heterocycles. The van der Waals surface area contributed by atoms with Crippen molar-refractivity contribution in [1.82, 2.24) is 9.97 Å². The van der Waals surface area contributed by atoms with E-state index in [1.54, 1.807) is 6.07 Å². The fourth-order valence-corrected chi connectivity index (χ4v) is 2.55. The molecule has 0 spiro atoms. The van der Waals surface area contributed by atoms with E-state index in [9.17, 15) is 13.2 Å². The van der Waals surface area contributed by atoms with Crippen LogP contribution in [-0.2, 0) is 14.6 Å². The number of carbonyl (C=O) groups excluding carboxylic acids is 1. The number of carbonyl (C=O) groups is 1. The molecule has 0 aliphatic rings. The van der Waals surface area contributed by atoms with Crippen molar-refractivity contribution in [3.8, 4) is 0 Å². The lowest BCUT2D eigenvalue weighted by Crippen LogP contribution is -2.08. The Morgan fingerprint density at radius 3 is 2.21 bits per heavy atom. The Labute approximate surface area is 110 Å². The first-order chi connectivity index (χ1) is 9.00. The summed E-state index contributed by atoms with van der Waals surface area (Å²) in [6.45, 7) is 1.38. The molecule has 2 aromatic rings. The zero-order valence-corrected chi connectivity index (χ0v) is 10.9. The Balaban J connectivity index is 2.35. The number of nitrogens with one attached hydrogen (secondary N) is 1. The second-order valence-electron chi connectivity index (χ2n) is 3.74. The minimum atomic E-state index is -3.72. The van der Waals surface area contributed by atoms with Crippen LogP contribution < -0.4 is 5.32 Å². The van der Waals surface area contributed by atoms with E-state index >= 15 is 0 Å². The number of rotatable bonds is 3. The summed E-state index contributed by atoms with van der Waals surface area (Å²) >= 11 is 0. The van der Waals surface area contributed by atoms with Crippen LogP contribution >= 0.6 is 0 Å². The van der Waals surface area contributed by atoms with Crippen LogP contribution in [0, 0.1) is 0 Å². The van der Waals surface area contributed by atoms with Gasteiger partial charge in [0.25, 0.3) is 5.16 Å². The molecule has 0 saturated carbocycles. The molecule has 19 heavy (non-hydrogen) atoms. The third-order valence-electron chi connectivity index (χ3n) is 2.27. The van der Waals surface area contributed by atoms with E-state index in [2.05, 4.69) is 15.3 Å². The predicted molar refractivity (Wildman–Crippen MR) is 68.2 cm³/mol. The summed E-state index contributed by atoms with van der Waals surface area (Å²) in [5.41, 5.74) is 0.528. The summed E-state index contributed by atoms with van der Waals surface area (Å²) < 4.78 is 24.3. The summed E-state index contributed by atoms with van der Waals surface area (Å²) in [4.78, 5) is 18.4. The maximum Gasteiger partial charge on any atom is 0.251 e. The maximum atomic E-state index is 12.2. The highest BCUT2D eigenvalue weighted by molar-refractivity contribution is 7.91. The van der Waals surface area contributed by atoms with E-state index in [0.29, 0.717) is 5.69 Å². The number of benzene rings is 1. The van der Waals surface area contributed by atoms with Gasteiger partial charge in [-0.2, -0.15) is 0 Å². The first-order valence-electron chi connectivity index (χ1n) is 5.40. The molecule has 6 nitrogen and oxygen atoms in total. The van der Waals surface area contributed by atoms with Crippen molar-refractivity contribution in [2.75, 3.05) is 5.32 Å². The van der Waals surface area contributed by atoms with Gasteiger partial charge >= 0.3 is 0 Å². The lowest BCUT2D eigenvalue weighted by molar-refractivity contribution is -0.114. The highest BCUT2D eigenvalue weighted by Crippen LogP contribution is 2.19. The van der Waals surface area contributed by atoms with Crippen molar-refractivity contribution >= 4 is 21.4 Å². The second kappa shape index (κ2) is 5.15. The fraction of sp³-hybridized carbons (Fsp3) is 0.0833. The molecule has 1 aromatic carbocycles. The Morgan fingerprint density at radius 2 is 1.68 bits per heavy atom. The van der Waals surface area contributed by atoms with Crippen LogP contribution in [0.5, 0.6) is 0 Å². The summed E-state index contributed by atoms with van der Waals surface area (Å²) in [7, 11) is -3.72. The Morgan fingerprint density at radius 1 is 1.11 bits per heavy atom. The van der Waals surface area contributed by atoms with Crippen molar-refractivity contribution in [3.63, 3.8) is 0 Å². The highest BCUT2D eigenvalue weighted by atomic mass is 32.2. The summed E-state index contributed by atoms with van der Waals surface area (Å²) in [6.07, 6.45) is 2.73. The van der Waals surface area contributed by atoms with Gasteiger partial charge in [-0.3, -0.25) is 4.79 Å². The molecule has 2 rings (SSSR count). The third-order valence-corrected chi connectivity index (χ3v) is 3.85. The number of aromatic nitrogens is 2. The van der Waals surface area contributed by atoms with Crippen molar-refractivity contribution < 1.29 is 13.2 Å². The van der Waals surface area contributed by atoms with Gasteiger partial charge in [0, 0.05) is 25.0 Å². The van der Waals surface area contributed by atoms with Crippen molar-refractivity contribution in [2.45, 2.75) is 17.0 Å². The van der Waals surface area contributed by atoms with E-state index in [1.807, 2.05) is 0 Å². The maximum absolute atomic E-state index is 12.2. The molecule has 0 radical (unpaired) electrons. The van der Waals surface area contributed by atoms with Gasteiger partial charge in [-0.05, 0) is 30.3 Å². The van der Waals surface area contributed by atoms with Gasteiger partial charge in [0.1, 0.15) is 0 Å². The monoisotopic (exact) mass is 277 g/mol. The van der Waals surface area contributed by atoms with Crippen molar-refractivity contribution in [1.29, 1.82) is 0 Å². The van der Waals surface area contributed by atoms with Crippen LogP contribution in [0.2, 0.25) is 0 Å². The number of hydrogen-bond donors (Lipinski definition) is 1. The van der Waals surface area contributed by atoms with Gasteiger partial charge in [0.05, 0.1) is 4.90 Å². The number of anilines is 1. The van der Waals surface area contributed by atoms with Gasteiger partial charge in [-0.1, -0.05) is 0 Å². The smallest absolute Gasteiger partial charge is 0.251 e. The van der Waals surface area contributed by atoms with Crippen LogP contribution in [0.3, 0.4) is 0 Å².